The number of hydrogen-bond donors (Lipinski definition) is 3. The maximum Gasteiger partial charge on any atom is 0.347 e. The van der Waals surface area contributed by atoms with Gasteiger partial charge in [-0.25, -0.2) is 9.59 Å². The van der Waals surface area contributed by atoms with Crippen LogP contribution in [0.4, 0.5) is 0 Å². The van der Waals surface area contributed by atoms with E-state index in [1.165, 1.54) is 12.1 Å². The molecule has 0 aliphatic heterocycles. The van der Waals surface area contributed by atoms with Crippen molar-refractivity contribution in [2.24, 2.45) is 5.73 Å². The molecule has 120 valence electrons. The van der Waals surface area contributed by atoms with E-state index in [-0.39, 0.29) is 12.2 Å². The number of rotatable bonds is 5. The Bertz CT molecular complexity index is 669. The Morgan fingerprint density at radius 2 is 1.61 bits per heavy atom. The molecule has 0 aromatic heterocycles. The lowest BCUT2D eigenvalue weighted by Gasteiger charge is -2.13. The van der Waals surface area contributed by atoms with E-state index in [0.29, 0.717) is 11.1 Å². The van der Waals surface area contributed by atoms with E-state index in [9.17, 15) is 19.8 Å². The average Bonchev–Trinajstić information content (AvgIpc) is 2.56. The van der Waals surface area contributed by atoms with Crippen molar-refractivity contribution < 1.29 is 24.5 Å². The van der Waals surface area contributed by atoms with Crippen molar-refractivity contribution in [2.45, 2.75) is 18.6 Å². The molecule has 0 saturated heterocycles. The summed E-state index contributed by atoms with van der Waals surface area (Å²) < 4.78 is 4.62. The lowest BCUT2D eigenvalue weighted by molar-refractivity contribution is -0.167. The van der Waals surface area contributed by atoms with Gasteiger partial charge in [0, 0.05) is 0 Å². The third-order valence-electron chi connectivity index (χ3n) is 3.23. The predicted molar refractivity (Wildman–Crippen MR) is 82.3 cm³/mol. The number of aliphatic hydroxyl groups excluding tert-OH is 1. The predicted octanol–water partition coefficient (Wildman–Crippen LogP) is 1.07. The molecule has 0 radical (unpaired) electrons. The summed E-state index contributed by atoms with van der Waals surface area (Å²) in [6.07, 6.45) is -1.39. The first-order valence-electron chi connectivity index (χ1n) is 6.99. The molecule has 2 atom stereocenters. The van der Waals surface area contributed by atoms with Crippen LogP contribution in [0.3, 0.4) is 0 Å². The number of carbonyl (C=O) groups is 2. The summed E-state index contributed by atoms with van der Waals surface area (Å²) in [6, 6.07) is 13.3. The zero-order chi connectivity index (χ0) is 16.8. The average molecular weight is 315 g/mol. The van der Waals surface area contributed by atoms with Gasteiger partial charge < -0.3 is 20.7 Å². The highest BCUT2D eigenvalue weighted by molar-refractivity contribution is 5.90. The van der Waals surface area contributed by atoms with E-state index in [0.717, 1.165) is 0 Å². The number of benzene rings is 2. The van der Waals surface area contributed by atoms with E-state index in [1.807, 2.05) is 0 Å². The van der Waals surface area contributed by atoms with E-state index in [1.54, 1.807) is 42.5 Å². The van der Waals surface area contributed by atoms with Gasteiger partial charge in [-0.2, -0.15) is 0 Å². The van der Waals surface area contributed by atoms with Gasteiger partial charge in [-0.05, 0) is 29.7 Å². The Labute approximate surface area is 133 Å². The first-order chi connectivity index (χ1) is 11.0. The Morgan fingerprint density at radius 1 is 1.00 bits per heavy atom. The Kier molecular flexibility index (Phi) is 5.46. The molecule has 0 heterocycles. The molecule has 2 rings (SSSR count). The molecule has 0 spiro atoms. The molecule has 6 heteroatoms. The highest BCUT2D eigenvalue weighted by Gasteiger charge is 2.25. The van der Waals surface area contributed by atoms with E-state index >= 15 is 0 Å². The fourth-order valence-corrected chi connectivity index (χ4v) is 1.97. The fourth-order valence-electron chi connectivity index (χ4n) is 1.97. The van der Waals surface area contributed by atoms with Crippen molar-refractivity contribution in [1.29, 1.82) is 0 Å². The van der Waals surface area contributed by atoms with Gasteiger partial charge in [0.2, 0.25) is 0 Å². The van der Waals surface area contributed by atoms with Gasteiger partial charge in [-0.1, -0.05) is 42.5 Å². The number of carbonyl (C=O) groups excluding carboxylic acids is 2. The Balaban J connectivity index is 1.92. The lowest BCUT2D eigenvalue weighted by atomic mass is 10.1. The number of aromatic hydroxyl groups is 1. The van der Waals surface area contributed by atoms with Crippen molar-refractivity contribution in [3.05, 3.63) is 65.7 Å². The quantitative estimate of drug-likeness (QED) is 0.562. The van der Waals surface area contributed by atoms with Crippen LogP contribution in [-0.2, 0) is 20.7 Å². The zero-order valence-electron chi connectivity index (χ0n) is 12.3. The van der Waals surface area contributed by atoms with Crippen LogP contribution in [0.5, 0.6) is 5.75 Å². The van der Waals surface area contributed by atoms with Crippen LogP contribution in [-0.4, -0.2) is 28.2 Å². The second-order valence-electron chi connectivity index (χ2n) is 5.03. The van der Waals surface area contributed by atoms with Crippen molar-refractivity contribution in [2.75, 3.05) is 0 Å². The normalized spacial score (nSPS) is 13.1. The maximum absolute atomic E-state index is 11.8. The molecule has 0 saturated carbocycles. The van der Waals surface area contributed by atoms with Crippen LogP contribution in [0.2, 0.25) is 0 Å². The molecule has 2 unspecified atom stereocenters. The van der Waals surface area contributed by atoms with Gasteiger partial charge in [-0.3, -0.25) is 0 Å². The Morgan fingerprint density at radius 3 is 2.22 bits per heavy atom. The van der Waals surface area contributed by atoms with E-state index < -0.39 is 24.1 Å². The summed E-state index contributed by atoms with van der Waals surface area (Å²) >= 11 is 0. The van der Waals surface area contributed by atoms with E-state index in [4.69, 9.17) is 5.73 Å². The third-order valence-corrected chi connectivity index (χ3v) is 3.23. The number of aliphatic hydroxyl groups is 1. The van der Waals surface area contributed by atoms with Crippen molar-refractivity contribution >= 4 is 11.9 Å². The molecule has 23 heavy (non-hydrogen) atoms. The summed E-state index contributed by atoms with van der Waals surface area (Å²) in [5, 5.41) is 19.0. The zero-order valence-corrected chi connectivity index (χ0v) is 12.3. The smallest absolute Gasteiger partial charge is 0.347 e. The lowest BCUT2D eigenvalue weighted by Crippen LogP contribution is -2.36. The third kappa shape index (κ3) is 4.64. The molecule has 6 nitrogen and oxygen atoms in total. The number of phenols is 1. The summed E-state index contributed by atoms with van der Waals surface area (Å²) in [5.74, 6) is -1.88. The number of hydrogen-bond acceptors (Lipinski definition) is 6. The SMILES string of the molecule is NC(Cc1ccc(O)cc1)C(=O)OC(=O)C(O)c1ccccc1. The first kappa shape index (κ1) is 16.7. The van der Waals surface area contributed by atoms with Crippen molar-refractivity contribution in [3.63, 3.8) is 0 Å². The largest absolute Gasteiger partial charge is 0.508 e. The first-order valence-corrected chi connectivity index (χ1v) is 6.99. The number of nitrogens with two attached hydrogens (primary N) is 1. The summed E-state index contributed by atoms with van der Waals surface area (Å²) in [4.78, 5) is 23.6. The highest BCUT2D eigenvalue weighted by Crippen LogP contribution is 2.15. The molecule has 0 bridgehead atoms. The van der Waals surface area contributed by atoms with Crippen LogP contribution in [0.1, 0.15) is 17.2 Å². The van der Waals surface area contributed by atoms with Crippen LogP contribution < -0.4 is 5.73 Å². The van der Waals surface area contributed by atoms with Gasteiger partial charge in [0.1, 0.15) is 11.8 Å². The maximum atomic E-state index is 11.8. The minimum Gasteiger partial charge on any atom is -0.508 e. The number of phenolic OH excluding ortho intramolecular Hbond substituents is 1. The van der Waals surface area contributed by atoms with Gasteiger partial charge in [0.25, 0.3) is 0 Å². The summed E-state index contributed by atoms with van der Waals surface area (Å²) in [5.41, 5.74) is 6.75. The number of esters is 2. The fraction of sp³-hybridized carbons (Fsp3) is 0.176. The van der Waals surface area contributed by atoms with Gasteiger partial charge in [-0.15, -0.1) is 0 Å². The van der Waals surface area contributed by atoms with Gasteiger partial charge >= 0.3 is 11.9 Å². The molecule has 0 fully saturated rings. The second kappa shape index (κ2) is 7.53. The minimum atomic E-state index is -1.54. The molecule has 2 aromatic carbocycles. The van der Waals surface area contributed by atoms with Gasteiger partial charge in [0.05, 0.1) is 0 Å². The Hall–Kier alpha value is -2.70. The van der Waals surface area contributed by atoms with E-state index in [2.05, 4.69) is 4.74 Å². The highest BCUT2D eigenvalue weighted by atomic mass is 16.6. The summed E-state index contributed by atoms with van der Waals surface area (Å²) in [6.45, 7) is 0. The standard InChI is InChI=1S/C17H17NO5/c18-14(10-11-6-8-13(19)9-7-11)16(21)23-17(22)15(20)12-4-2-1-3-5-12/h1-9,14-15,19-20H,10,18H2. The summed E-state index contributed by atoms with van der Waals surface area (Å²) in [7, 11) is 0. The second-order valence-corrected chi connectivity index (χ2v) is 5.03. The van der Waals surface area contributed by atoms with Crippen LogP contribution in [0, 0.1) is 0 Å². The molecule has 2 aromatic rings. The van der Waals surface area contributed by atoms with Crippen LogP contribution in [0.15, 0.2) is 54.6 Å². The van der Waals surface area contributed by atoms with Gasteiger partial charge in [0.15, 0.2) is 6.10 Å². The molecule has 0 aliphatic carbocycles. The number of ether oxygens (including phenoxy) is 1. The van der Waals surface area contributed by atoms with Crippen molar-refractivity contribution in [1.82, 2.24) is 0 Å². The molecular formula is C17H17NO5. The molecule has 0 amide bonds. The minimum absolute atomic E-state index is 0.103. The van der Waals surface area contributed by atoms with Crippen molar-refractivity contribution in [3.8, 4) is 5.75 Å². The molecule has 0 aliphatic rings. The monoisotopic (exact) mass is 315 g/mol. The molecular weight excluding hydrogens is 298 g/mol. The topological polar surface area (TPSA) is 110 Å². The molecule has 4 N–H and O–H groups in total. The van der Waals surface area contributed by atoms with Crippen LogP contribution >= 0.6 is 0 Å². The van der Waals surface area contributed by atoms with Crippen LogP contribution in [0.25, 0.3) is 0 Å².